The highest BCUT2D eigenvalue weighted by Gasteiger charge is 2.09. The Morgan fingerprint density at radius 2 is 1.92 bits per heavy atom. The largest absolute Gasteiger partial charge is 0.0708 e. The minimum atomic E-state index is 1.20. The lowest BCUT2D eigenvalue weighted by molar-refractivity contribution is 1.35. The predicted molar refractivity (Wildman–Crippen MR) is 56.2 cm³/mol. The molecular weight excluding hydrogens is 156 g/mol. The molecule has 0 nitrogen and oxygen atoms in total. The Kier molecular flexibility index (Phi) is 2.05. The molecule has 0 unspecified atom stereocenters. The summed E-state index contributed by atoms with van der Waals surface area (Å²) in [6.45, 7) is 4.28. The van der Waals surface area contributed by atoms with Crippen molar-refractivity contribution in [3.8, 4) is 0 Å². The molecule has 0 N–H and O–H groups in total. The van der Waals surface area contributed by atoms with E-state index < -0.39 is 0 Å². The first-order valence-corrected chi connectivity index (χ1v) is 4.49. The summed E-state index contributed by atoms with van der Waals surface area (Å²) in [6.07, 6.45) is 7.35. The van der Waals surface area contributed by atoms with E-state index >= 15 is 0 Å². The standard InChI is InChI=1S/C13H12/c1-10(2)12-9-5-7-11-6-3-4-8-13(11)12/h3-6,8-9H,1-2H3. The zero-order valence-corrected chi connectivity index (χ0v) is 7.96. The maximum atomic E-state index is 3.23. The number of hydrogen-bond donors (Lipinski definition) is 0. The second kappa shape index (κ2) is 3.21. The van der Waals surface area contributed by atoms with Crippen LogP contribution in [0.15, 0.2) is 42.0 Å². The summed E-state index contributed by atoms with van der Waals surface area (Å²) in [5.74, 6) is 0. The molecule has 0 bridgehead atoms. The highest BCUT2D eigenvalue weighted by molar-refractivity contribution is 5.81. The van der Waals surface area contributed by atoms with Gasteiger partial charge in [-0.3, -0.25) is 0 Å². The molecule has 0 atom stereocenters. The maximum absolute atomic E-state index is 3.23. The molecule has 0 heterocycles. The molecule has 0 aliphatic heterocycles. The first kappa shape index (κ1) is 8.31. The van der Waals surface area contributed by atoms with Crippen molar-refractivity contribution in [1.29, 1.82) is 0 Å². The summed E-state index contributed by atoms with van der Waals surface area (Å²) in [4.78, 5) is 0. The van der Waals surface area contributed by atoms with Crippen LogP contribution in [0.1, 0.15) is 25.0 Å². The van der Waals surface area contributed by atoms with E-state index in [2.05, 4.69) is 44.5 Å². The summed E-state index contributed by atoms with van der Waals surface area (Å²) in [7, 11) is 0. The summed E-state index contributed by atoms with van der Waals surface area (Å²) in [5.41, 5.74) is 5.17. The lowest BCUT2D eigenvalue weighted by Crippen LogP contribution is -1.95. The molecule has 0 heteroatoms. The van der Waals surface area contributed by atoms with Crippen molar-refractivity contribution in [3.63, 3.8) is 0 Å². The molecule has 13 heavy (non-hydrogen) atoms. The lowest BCUT2D eigenvalue weighted by Gasteiger charge is -2.14. The fourth-order valence-corrected chi connectivity index (χ4v) is 1.58. The van der Waals surface area contributed by atoms with Crippen molar-refractivity contribution in [2.45, 2.75) is 13.8 Å². The predicted octanol–water partition coefficient (Wildman–Crippen LogP) is 3.48. The highest BCUT2D eigenvalue weighted by Crippen LogP contribution is 2.28. The number of rotatable bonds is 0. The van der Waals surface area contributed by atoms with Gasteiger partial charge in [0.15, 0.2) is 0 Å². The van der Waals surface area contributed by atoms with E-state index in [1.54, 1.807) is 0 Å². The Morgan fingerprint density at radius 3 is 2.69 bits per heavy atom. The molecule has 0 saturated heterocycles. The summed E-state index contributed by atoms with van der Waals surface area (Å²) >= 11 is 0. The van der Waals surface area contributed by atoms with Crippen LogP contribution in [0.25, 0.3) is 5.57 Å². The molecule has 1 aromatic rings. The van der Waals surface area contributed by atoms with Gasteiger partial charge in [-0.05, 0) is 30.5 Å². The fraction of sp³-hybridized carbons (Fsp3) is 0.154. The van der Waals surface area contributed by atoms with E-state index in [0.29, 0.717) is 0 Å². The van der Waals surface area contributed by atoms with Crippen molar-refractivity contribution in [2.75, 3.05) is 0 Å². The number of benzene rings is 1. The van der Waals surface area contributed by atoms with Gasteiger partial charge in [0.25, 0.3) is 0 Å². The minimum Gasteiger partial charge on any atom is -0.0708 e. The second-order valence-electron chi connectivity index (χ2n) is 3.44. The molecule has 0 aromatic heterocycles. The molecule has 0 fully saturated rings. The number of hydrogen-bond acceptors (Lipinski definition) is 0. The first-order chi connectivity index (χ1) is 6.29. The summed E-state index contributed by atoms with van der Waals surface area (Å²) in [5, 5.41) is 0. The van der Waals surface area contributed by atoms with Crippen LogP contribution in [-0.2, 0) is 0 Å². The van der Waals surface area contributed by atoms with E-state index in [1.807, 2.05) is 12.1 Å². The molecule has 2 radical (unpaired) electrons. The van der Waals surface area contributed by atoms with Gasteiger partial charge in [0.2, 0.25) is 0 Å². The Balaban J connectivity index is 2.62. The van der Waals surface area contributed by atoms with Crippen molar-refractivity contribution >= 4 is 5.57 Å². The SMILES string of the molecule is CC(C)=C1C=C[C]c2ccccc21. The molecule has 1 aliphatic carbocycles. The maximum Gasteiger partial charge on any atom is 0.0429 e. The van der Waals surface area contributed by atoms with E-state index in [9.17, 15) is 0 Å². The van der Waals surface area contributed by atoms with Crippen molar-refractivity contribution < 1.29 is 0 Å². The fourth-order valence-electron chi connectivity index (χ4n) is 1.58. The van der Waals surface area contributed by atoms with Crippen LogP contribution < -0.4 is 0 Å². The van der Waals surface area contributed by atoms with Crippen molar-refractivity contribution in [3.05, 3.63) is 59.5 Å². The monoisotopic (exact) mass is 168 g/mol. The second-order valence-corrected chi connectivity index (χ2v) is 3.44. The van der Waals surface area contributed by atoms with E-state index in [0.717, 1.165) is 0 Å². The van der Waals surface area contributed by atoms with Gasteiger partial charge in [0, 0.05) is 6.42 Å². The Labute approximate surface area is 79.6 Å². The van der Waals surface area contributed by atoms with Gasteiger partial charge in [-0.15, -0.1) is 0 Å². The normalized spacial score (nSPS) is 14.2. The van der Waals surface area contributed by atoms with Gasteiger partial charge >= 0.3 is 0 Å². The molecule has 0 spiro atoms. The lowest BCUT2D eigenvalue weighted by atomic mass is 9.90. The smallest absolute Gasteiger partial charge is 0.0429 e. The molecular formula is C13H12. The van der Waals surface area contributed by atoms with Crippen LogP contribution >= 0.6 is 0 Å². The Morgan fingerprint density at radius 1 is 1.15 bits per heavy atom. The zero-order chi connectivity index (χ0) is 9.26. The zero-order valence-electron chi connectivity index (χ0n) is 7.96. The third-order valence-corrected chi connectivity index (χ3v) is 2.24. The van der Waals surface area contributed by atoms with E-state index in [1.165, 1.54) is 22.3 Å². The topological polar surface area (TPSA) is 0 Å². The number of allylic oxidation sites excluding steroid dienone is 4. The molecule has 0 amide bonds. The Bertz CT molecular complexity index is 377. The molecule has 1 aromatic carbocycles. The average molecular weight is 168 g/mol. The highest BCUT2D eigenvalue weighted by atomic mass is 14.1. The first-order valence-electron chi connectivity index (χ1n) is 4.49. The van der Waals surface area contributed by atoms with E-state index in [4.69, 9.17) is 0 Å². The van der Waals surface area contributed by atoms with Gasteiger partial charge in [-0.2, -0.15) is 0 Å². The van der Waals surface area contributed by atoms with Crippen LogP contribution in [0.5, 0.6) is 0 Å². The molecule has 0 saturated carbocycles. The summed E-state index contributed by atoms with van der Waals surface area (Å²) < 4.78 is 0. The van der Waals surface area contributed by atoms with Crippen molar-refractivity contribution in [2.24, 2.45) is 0 Å². The van der Waals surface area contributed by atoms with Crippen LogP contribution in [0.3, 0.4) is 0 Å². The van der Waals surface area contributed by atoms with Crippen molar-refractivity contribution in [1.82, 2.24) is 0 Å². The number of fused-ring (bicyclic) bond motifs is 1. The minimum absolute atomic E-state index is 1.20. The summed E-state index contributed by atoms with van der Waals surface area (Å²) in [6, 6.07) is 8.37. The molecule has 2 rings (SSSR count). The van der Waals surface area contributed by atoms with Gasteiger partial charge in [-0.25, -0.2) is 0 Å². The Hall–Kier alpha value is -1.30. The van der Waals surface area contributed by atoms with Crippen LogP contribution in [0.2, 0.25) is 0 Å². The molecule has 1 aliphatic rings. The molecule has 64 valence electrons. The van der Waals surface area contributed by atoms with Crippen LogP contribution in [0, 0.1) is 6.42 Å². The quantitative estimate of drug-likeness (QED) is 0.556. The third kappa shape index (κ3) is 1.44. The van der Waals surface area contributed by atoms with Gasteiger partial charge in [0.05, 0.1) is 0 Å². The van der Waals surface area contributed by atoms with Gasteiger partial charge in [0.1, 0.15) is 0 Å². The third-order valence-electron chi connectivity index (χ3n) is 2.24. The average Bonchev–Trinajstić information content (AvgIpc) is 2.17. The van der Waals surface area contributed by atoms with Crippen LogP contribution in [-0.4, -0.2) is 0 Å². The van der Waals surface area contributed by atoms with Gasteiger partial charge < -0.3 is 0 Å². The van der Waals surface area contributed by atoms with E-state index in [-0.39, 0.29) is 0 Å². The van der Waals surface area contributed by atoms with Gasteiger partial charge in [-0.1, -0.05) is 42.0 Å². The van der Waals surface area contributed by atoms with Crippen LogP contribution in [0.4, 0.5) is 0 Å².